The van der Waals surface area contributed by atoms with E-state index in [0.29, 0.717) is 21.5 Å². The number of thiophene rings is 1. The van der Waals surface area contributed by atoms with E-state index in [2.05, 4.69) is 0 Å². The summed E-state index contributed by atoms with van der Waals surface area (Å²) in [6.07, 6.45) is 1.86. The molecule has 3 nitrogen and oxygen atoms in total. The van der Waals surface area contributed by atoms with Crippen LogP contribution in [0.5, 0.6) is 0 Å². The largest absolute Gasteiger partial charge is 0.317 e. The van der Waals surface area contributed by atoms with Crippen LogP contribution in [0.4, 0.5) is 5.69 Å². The maximum absolute atomic E-state index is 12.7. The van der Waals surface area contributed by atoms with E-state index < -0.39 is 0 Å². The summed E-state index contributed by atoms with van der Waals surface area (Å²) in [4.78, 5) is 17.0. The number of amides is 1. The number of carbonyl (C=O) groups excluding carboxylic acids is 1. The van der Waals surface area contributed by atoms with Crippen LogP contribution in [0.25, 0.3) is 6.08 Å². The summed E-state index contributed by atoms with van der Waals surface area (Å²) in [7, 11) is 1.80. The summed E-state index contributed by atoms with van der Waals surface area (Å²) in [5, 5.41) is 3.04. The number of hydrogen-bond donors (Lipinski definition) is 0. The number of nitrogens with zero attached hydrogens (tertiary/aromatic N) is 2. The first kappa shape index (κ1) is 15.2. The highest BCUT2D eigenvalue weighted by molar-refractivity contribution is 7.80. The van der Waals surface area contributed by atoms with Crippen LogP contribution >= 0.6 is 35.2 Å². The van der Waals surface area contributed by atoms with E-state index in [9.17, 15) is 4.79 Å². The fourth-order valence-corrected chi connectivity index (χ4v) is 3.33. The molecule has 1 aliphatic rings. The van der Waals surface area contributed by atoms with E-state index in [4.69, 9.17) is 23.8 Å². The molecule has 1 aromatic heterocycles. The third-order valence-electron chi connectivity index (χ3n) is 3.50. The summed E-state index contributed by atoms with van der Waals surface area (Å²) in [6.45, 7) is 1.92. The zero-order chi connectivity index (χ0) is 15.9. The molecular formula is C16H13ClN2OS2. The van der Waals surface area contributed by atoms with Crippen molar-refractivity contribution in [3.8, 4) is 0 Å². The van der Waals surface area contributed by atoms with E-state index in [1.165, 1.54) is 4.90 Å². The Morgan fingerprint density at radius 3 is 2.73 bits per heavy atom. The third kappa shape index (κ3) is 2.56. The topological polar surface area (TPSA) is 23.6 Å². The van der Waals surface area contributed by atoms with Gasteiger partial charge in [-0.15, -0.1) is 11.3 Å². The molecule has 0 unspecified atom stereocenters. The van der Waals surface area contributed by atoms with Crippen molar-refractivity contribution in [3.63, 3.8) is 0 Å². The van der Waals surface area contributed by atoms with Gasteiger partial charge >= 0.3 is 0 Å². The quantitative estimate of drug-likeness (QED) is 0.596. The van der Waals surface area contributed by atoms with Gasteiger partial charge in [0.05, 0.1) is 5.69 Å². The molecule has 0 atom stereocenters. The van der Waals surface area contributed by atoms with Gasteiger partial charge in [0.1, 0.15) is 5.70 Å². The molecule has 22 heavy (non-hydrogen) atoms. The Hall–Kier alpha value is -1.69. The number of likely N-dealkylation sites (N-methyl/N-ethyl adjacent to an activating group) is 1. The van der Waals surface area contributed by atoms with Crippen molar-refractivity contribution in [3.05, 3.63) is 56.9 Å². The molecule has 6 heteroatoms. The van der Waals surface area contributed by atoms with Gasteiger partial charge in [0, 0.05) is 16.9 Å². The fraction of sp³-hybridized carbons (Fsp3) is 0.125. The maximum Gasteiger partial charge on any atom is 0.281 e. The highest BCUT2D eigenvalue weighted by Crippen LogP contribution is 2.31. The number of benzene rings is 1. The van der Waals surface area contributed by atoms with Gasteiger partial charge in [-0.2, -0.15) is 0 Å². The molecule has 0 radical (unpaired) electrons. The lowest BCUT2D eigenvalue weighted by Gasteiger charge is -2.17. The lowest BCUT2D eigenvalue weighted by molar-refractivity contribution is -0.114. The second-order valence-electron chi connectivity index (χ2n) is 4.96. The zero-order valence-corrected chi connectivity index (χ0v) is 14.4. The summed E-state index contributed by atoms with van der Waals surface area (Å²) >= 11 is 13.2. The Bertz CT molecular complexity index is 783. The van der Waals surface area contributed by atoms with Gasteiger partial charge in [0.25, 0.3) is 5.91 Å². The van der Waals surface area contributed by atoms with E-state index in [-0.39, 0.29) is 5.91 Å². The van der Waals surface area contributed by atoms with Crippen LogP contribution in [0.1, 0.15) is 10.4 Å². The minimum Gasteiger partial charge on any atom is -0.317 e. The summed E-state index contributed by atoms with van der Waals surface area (Å²) in [6, 6.07) is 9.42. The number of thiocarbonyl (C=S) groups is 1. The van der Waals surface area contributed by atoms with Crippen LogP contribution in [0, 0.1) is 6.92 Å². The Morgan fingerprint density at radius 1 is 1.32 bits per heavy atom. The van der Waals surface area contributed by atoms with Gasteiger partial charge in [-0.1, -0.05) is 23.7 Å². The molecule has 3 rings (SSSR count). The normalized spacial score (nSPS) is 17.0. The first-order valence-electron chi connectivity index (χ1n) is 6.62. The van der Waals surface area contributed by atoms with Crippen LogP contribution in [-0.4, -0.2) is 23.0 Å². The van der Waals surface area contributed by atoms with Crippen molar-refractivity contribution in [2.45, 2.75) is 6.92 Å². The predicted molar refractivity (Wildman–Crippen MR) is 96.3 cm³/mol. The standard InChI is InChI=1S/C16H13ClN2OS2/c1-10-5-6-11(8-13(10)17)19-15(20)14(18(2)16(19)21)9-12-4-3-7-22-12/h3-9H,1-2H3. The van der Waals surface area contributed by atoms with Crippen molar-refractivity contribution in [2.24, 2.45) is 0 Å². The molecule has 1 aliphatic heterocycles. The van der Waals surface area contributed by atoms with Gasteiger partial charge in [0.15, 0.2) is 5.11 Å². The molecule has 2 heterocycles. The summed E-state index contributed by atoms with van der Waals surface area (Å²) in [5.74, 6) is -0.138. The zero-order valence-electron chi connectivity index (χ0n) is 12.0. The van der Waals surface area contributed by atoms with Gasteiger partial charge < -0.3 is 4.90 Å². The van der Waals surface area contributed by atoms with Crippen molar-refractivity contribution < 1.29 is 4.79 Å². The van der Waals surface area contributed by atoms with Gasteiger partial charge in [-0.3, -0.25) is 9.69 Å². The Balaban J connectivity index is 2.02. The summed E-state index contributed by atoms with van der Waals surface area (Å²) in [5.41, 5.74) is 2.21. The number of halogens is 1. The average Bonchev–Trinajstić information content (AvgIpc) is 3.06. The number of rotatable bonds is 2. The fourth-order valence-electron chi connectivity index (χ4n) is 2.21. The highest BCUT2D eigenvalue weighted by Gasteiger charge is 2.36. The molecule has 0 bridgehead atoms. The smallest absolute Gasteiger partial charge is 0.281 e. The molecule has 0 spiro atoms. The summed E-state index contributed by atoms with van der Waals surface area (Å²) < 4.78 is 0. The first-order valence-corrected chi connectivity index (χ1v) is 8.29. The highest BCUT2D eigenvalue weighted by atomic mass is 35.5. The second kappa shape index (κ2) is 5.83. The Kier molecular flexibility index (Phi) is 4.04. The van der Waals surface area contributed by atoms with Crippen molar-refractivity contribution >= 4 is 57.9 Å². The molecule has 1 saturated heterocycles. The SMILES string of the molecule is Cc1ccc(N2C(=O)C(=Cc3cccs3)N(C)C2=S)cc1Cl. The van der Waals surface area contributed by atoms with E-state index in [1.54, 1.807) is 29.4 Å². The van der Waals surface area contributed by atoms with Crippen LogP contribution < -0.4 is 4.90 Å². The van der Waals surface area contributed by atoms with E-state index >= 15 is 0 Å². The van der Waals surface area contributed by atoms with Crippen molar-refractivity contribution in [1.29, 1.82) is 0 Å². The lowest BCUT2D eigenvalue weighted by Crippen LogP contribution is -2.31. The molecule has 1 aromatic carbocycles. The number of carbonyl (C=O) groups is 1. The third-order valence-corrected chi connectivity index (χ3v) is 5.18. The van der Waals surface area contributed by atoms with Crippen LogP contribution in [-0.2, 0) is 4.79 Å². The van der Waals surface area contributed by atoms with Gasteiger partial charge in [-0.25, -0.2) is 0 Å². The number of aryl methyl sites for hydroxylation is 1. The lowest BCUT2D eigenvalue weighted by atomic mass is 10.2. The van der Waals surface area contributed by atoms with Crippen LogP contribution in [0.3, 0.4) is 0 Å². The second-order valence-corrected chi connectivity index (χ2v) is 6.71. The molecule has 0 N–H and O–H groups in total. The molecule has 0 saturated carbocycles. The molecule has 1 fully saturated rings. The van der Waals surface area contributed by atoms with Crippen molar-refractivity contribution in [1.82, 2.24) is 4.90 Å². The number of hydrogen-bond acceptors (Lipinski definition) is 3. The molecule has 1 amide bonds. The monoisotopic (exact) mass is 348 g/mol. The molecular weight excluding hydrogens is 336 g/mol. The van der Waals surface area contributed by atoms with Crippen molar-refractivity contribution in [2.75, 3.05) is 11.9 Å². The van der Waals surface area contributed by atoms with Gasteiger partial charge in [-0.05, 0) is 54.4 Å². The minimum absolute atomic E-state index is 0.138. The maximum atomic E-state index is 12.7. The van der Waals surface area contributed by atoms with Crippen LogP contribution in [0.15, 0.2) is 41.4 Å². The molecule has 112 valence electrons. The Morgan fingerprint density at radius 2 is 2.09 bits per heavy atom. The molecule has 0 aliphatic carbocycles. The Labute approximate surface area is 143 Å². The molecule has 2 aromatic rings. The number of anilines is 1. The first-order chi connectivity index (χ1) is 10.5. The average molecular weight is 349 g/mol. The van der Waals surface area contributed by atoms with E-state index in [0.717, 1.165) is 10.4 Å². The predicted octanol–water partition coefficient (Wildman–Crippen LogP) is 4.31. The minimum atomic E-state index is -0.138. The van der Waals surface area contributed by atoms with E-state index in [1.807, 2.05) is 42.6 Å². The van der Waals surface area contributed by atoms with Crippen LogP contribution in [0.2, 0.25) is 5.02 Å². The van der Waals surface area contributed by atoms with Gasteiger partial charge in [0.2, 0.25) is 0 Å².